The SMILES string of the molecule is CCCc1cc(=O)n2nc(N3CCc4c(sc(N)c4C#N)C3)sc2n1. The van der Waals surface area contributed by atoms with Gasteiger partial charge in [-0.25, -0.2) is 4.98 Å². The summed E-state index contributed by atoms with van der Waals surface area (Å²) in [5, 5.41) is 15.1. The van der Waals surface area contributed by atoms with Crippen molar-refractivity contribution in [1.29, 1.82) is 5.26 Å². The van der Waals surface area contributed by atoms with Gasteiger partial charge >= 0.3 is 0 Å². The molecule has 0 aliphatic carbocycles. The molecule has 1 aliphatic rings. The van der Waals surface area contributed by atoms with Gasteiger partial charge in [0.1, 0.15) is 11.1 Å². The maximum absolute atomic E-state index is 12.3. The number of nitrogen functional groups attached to an aromatic ring is 1. The van der Waals surface area contributed by atoms with Crippen LogP contribution in [0.4, 0.5) is 10.1 Å². The molecule has 4 heterocycles. The molecule has 0 atom stereocenters. The Morgan fingerprint density at radius 1 is 1.44 bits per heavy atom. The summed E-state index contributed by atoms with van der Waals surface area (Å²) in [5.74, 6) is 0. The van der Waals surface area contributed by atoms with Crippen LogP contribution in [0.1, 0.15) is 35.0 Å². The molecule has 0 amide bonds. The minimum Gasteiger partial charge on any atom is -0.389 e. The molecular weight excluding hydrogens is 356 g/mol. The number of hydrogen-bond acceptors (Lipinski definition) is 8. The third-order valence-corrected chi connectivity index (χ3v) is 6.28. The number of rotatable bonds is 3. The molecule has 0 aromatic carbocycles. The first kappa shape index (κ1) is 16.1. The Morgan fingerprint density at radius 3 is 3.04 bits per heavy atom. The largest absolute Gasteiger partial charge is 0.389 e. The number of anilines is 2. The summed E-state index contributed by atoms with van der Waals surface area (Å²) in [5.41, 5.74) is 8.30. The Balaban J connectivity index is 1.70. The molecule has 3 aromatic heterocycles. The summed E-state index contributed by atoms with van der Waals surface area (Å²) in [7, 11) is 0. The van der Waals surface area contributed by atoms with Gasteiger partial charge in [-0.2, -0.15) is 9.78 Å². The first-order chi connectivity index (χ1) is 12.1. The van der Waals surface area contributed by atoms with Crippen LogP contribution < -0.4 is 16.2 Å². The lowest BCUT2D eigenvalue weighted by Crippen LogP contribution is -2.29. The molecule has 4 rings (SSSR count). The first-order valence-corrected chi connectivity index (χ1v) is 9.69. The molecule has 3 aromatic rings. The molecule has 0 saturated heterocycles. The topological polar surface area (TPSA) is 100 Å². The van der Waals surface area contributed by atoms with E-state index in [-0.39, 0.29) is 5.56 Å². The predicted octanol–water partition coefficient (Wildman–Crippen LogP) is 2.18. The van der Waals surface area contributed by atoms with Gasteiger partial charge in [0.2, 0.25) is 10.1 Å². The van der Waals surface area contributed by atoms with Crippen LogP contribution in [0.15, 0.2) is 10.9 Å². The Hall–Kier alpha value is -2.44. The summed E-state index contributed by atoms with van der Waals surface area (Å²) in [6.45, 7) is 3.46. The highest BCUT2D eigenvalue weighted by Gasteiger charge is 2.25. The predicted molar refractivity (Wildman–Crippen MR) is 99.3 cm³/mol. The van der Waals surface area contributed by atoms with E-state index in [0.717, 1.165) is 47.1 Å². The average Bonchev–Trinajstić information content (AvgIpc) is 3.14. The molecule has 0 bridgehead atoms. The van der Waals surface area contributed by atoms with Gasteiger partial charge in [0.05, 0.1) is 12.1 Å². The van der Waals surface area contributed by atoms with Crippen molar-refractivity contribution in [1.82, 2.24) is 14.6 Å². The summed E-state index contributed by atoms with van der Waals surface area (Å²) in [4.78, 5) is 20.7. The number of nitrogens with two attached hydrogens (primary N) is 1. The number of nitrogens with zero attached hydrogens (tertiary/aromatic N) is 5. The highest BCUT2D eigenvalue weighted by Crippen LogP contribution is 2.36. The fourth-order valence-corrected chi connectivity index (χ4v) is 5.10. The van der Waals surface area contributed by atoms with E-state index in [1.54, 1.807) is 6.07 Å². The molecular formula is C16H16N6OS2. The van der Waals surface area contributed by atoms with Crippen LogP contribution in [0.5, 0.6) is 0 Å². The number of hydrogen-bond donors (Lipinski definition) is 1. The standard InChI is InChI=1S/C16H16N6OS2/c1-2-3-9-6-13(23)22-15(19-9)25-16(20-22)21-5-4-10-11(7-17)14(18)24-12(10)8-21/h6H,2-5,8,18H2,1H3. The lowest BCUT2D eigenvalue weighted by Gasteiger charge is -2.25. The van der Waals surface area contributed by atoms with E-state index < -0.39 is 0 Å². The molecule has 0 unspecified atom stereocenters. The van der Waals surface area contributed by atoms with E-state index in [9.17, 15) is 10.1 Å². The van der Waals surface area contributed by atoms with Crippen LogP contribution in [-0.4, -0.2) is 21.1 Å². The van der Waals surface area contributed by atoms with Gasteiger partial charge in [-0.15, -0.1) is 16.4 Å². The second-order valence-corrected chi connectivity index (χ2v) is 8.01. The first-order valence-electron chi connectivity index (χ1n) is 8.05. The zero-order chi connectivity index (χ0) is 17.6. The maximum atomic E-state index is 12.3. The third kappa shape index (κ3) is 2.67. The van der Waals surface area contributed by atoms with Crippen LogP contribution in [-0.2, 0) is 19.4 Å². The molecule has 0 radical (unpaired) electrons. The van der Waals surface area contributed by atoms with Crippen molar-refractivity contribution in [3.63, 3.8) is 0 Å². The van der Waals surface area contributed by atoms with Crippen LogP contribution in [0.2, 0.25) is 0 Å². The van der Waals surface area contributed by atoms with Crippen molar-refractivity contribution in [3.05, 3.63) is 38.1 Å². The summed E-state index contributed by atoms with van der Waals surface area (Å²) in [6.07, 6.45) is 2.49. The van der Waals surface area contributed by atoms with Gasteiger partial charge in [-0.05, 0) is 18.4 Å². The zero-order valence-electron chi connectivity index (χ0n) is 13.7. The Bertz CT molecular complexity index is 1060. The molecule has 0 saturated carbocycles. The van der Waals surface area contributed by atoms with Gasteiger partial charge in [0.15, 0.2) is 0 Å². The highest BCUT2D eigenvalue weighted by atomic mass is 32.1. The van der Waals surface area contributed by atoms with Crippen molar-refractivity contribution in [2.24, 2.45) is 0 Å². The number of aryl methyl sites for hydroxylation is 1. The molecule has 7 nitrogen and oxygen atoms in total. The van der Waals surface area contributed by atoms with Crippen LogP contribution in [0, 0.1) is 11.3 Å². The third-order valence-electron chi connectivity index (χ3n) is 4.26. The van der Waals surface area contributed by atoms with Crippen molar-refractivity contribution in [2.75, 3.05) is 17.2 Å². The van der Waals surface area contributed by atoms with Crippen molar-refractivity contribution < 1.29 is 0 Å². The second-order valence-electron chi connectivity index (χ2n) is 5.94. The fourth-order valence-electron chi connectivity index (χ4n) is 3.07. The Morgan fingerprint density at radius 2 is 2.28 bits per heavy atom. The van der Waals surface area contributed by atoms with Crippen molar-refractivity contribution >= 4 is 37.8 Å². The number of nitriles is 1. The molecule has 1 aliphatic heterocycles. The van der Waals surface area contributed by atoms with Crippen LogP contribution in [0.25, 0.3) is 4.96 Å². The molecule has 2 N–H and O–H groups in total. The summed E-state index contributed by atoms with van der Waals surface area (Å²) < 4.78 is 1.37. The van der Waals surface area contributed by atoms with E-state index in [1.165, 1.54) is 27.2 Å². The second kappa shape index (κ2) is 6.13. The summed E-state index contributed by atoms with van der Waals surface area (Å²) in [6, 6.07) is 3.77. The monoisotopic (exact) mass is 372 g/mol. The smallest absolute Gasteiger partial charge is 0.275 e. The minimum atomic E-state index is -0.138. The van der Waals surface area contributed by atoms with Crippen molar-refractivity contribution in [3.8, 4) is 6.07 Å². The quantitative estimate of drug-likeness (QED) is 0.756. The van der Waals surface area contributed by atoms with Gasteiger partial charge < -0.3 is 10.6 Å². The van der Waals surface area contributed by atoms with E-state index in [1.807, 2.05) is 0 Å². The minimum absolute atomic E-state index is 0.138. The Kier molecular flexibility index (Phi) is 3.94. The molecule has 0 spiro atoms. The van der Waals surface area contributed by atoms with E-state index in [2.05, 4.69) is 28.0 Å². The highest BCUT2D eigenvalue weighted by molar-refractivity contribution is 7.20. The zero-order valence-corrected chi connectivity index (χ0v) is 15.3. The van der Waals surface area contributed by atoms with Gasteiger partial charge in [-0.3, -0.25) is 4.79 Å². The van der Waals surface area contributed by atoms with Gasteiger partial charge in [0.25, 0.3) is 5.56 Å². The van der Waals surface area contributed by atoms with E-state index in [0.29, 0.717) is 22.1 Å². The molecule has 25 heavy (non-hydrogen) atoms. The van der Waals surface area contributed by atoms with Crippen molar-refractivity contribution in [2.45, 2.75) is 32.7 Å². The number of aromatic nitrogens is 3. The fraction of sp³-hybridized carbons (Fsp3) is 0.375. The lowest BCUT2D eigenvalue weighted by atomic mass is 10.0. The molecule has 0 fully saturated rings. The van der Waals surface area contributed by atoms with Crippen LogP contribution >= 0.6 is 22.7 Å². The van der Waals surface area contributed by atoms with Crippen LogP contribution in [0.3, 0.4) is 0 Å². The average molecular weight is 372 g/mol. The normalized spacial score (nSPS) is 13.8. The molecule has 128 valence electrons. The summed E-state index contributed by atoms with van der Waals surface area (Å²) >= 11 is 2.89. The van der Waals surface area contributed by atoms with E-state index >= 15 is 0 Å². The Labute approximate surface area is 152 Å². The lowest BCUT2D eigenvalue weighted by molar-refractivity contribution is 0.726. The van der Waals surface area contributed by atoms with Gasteiger partial charge in [-0.1, -0.05) is 24.7 Å². The number of fused-ring (bicyclic) bond motifs is 2. The number of thiophene rings is 1. The van der Waals surface area contributed by atoms with E-state index in [4.69, 9.17) is 5.73 Å². The van der Waals surface area contributed by atoms with Gasteiger partial charge in [0, 0.05) is 23.2 Å². The maximum Gasteiger partial charge on any atom is 0.275 e. The molecule has 9 heteroatoms.